The molecule has 2 heterocycles. The van der Waals surface area contributed by atoms with E-state index in [4.69, 9.17) is 4.42 Å². The Morgan fingerprint density at radius 2 is 2.11 bits per heavy atom. The number of rotatable bonds is 3. The molecule has 0 amide bonds. The molecule has 0 aliphatic carbocycles. The summed E-state index contributed by atoms with van der Waals surface area (Å²) in [5, 5.41) is 4.18. The molecule has 90 valence electrons. The fraction of sp³-hybridized carbons (Fsp3) is 0.0769. The SMILES string of the molecule is Fc1ccccc1Cn1nccc1-c1cocn1. The van der Waals surface area contributed by atoms with Gasteiger partial charge in [0.25, 0.3) is 0 Å². The van der Waals surface area contributed by atoms with Crippen molar-refractivity contribution in [3.63, 3.8) is 0 Å². The number of nitrogens with zero attached hydrogens (tertiary/aromatic N) is 3. The Bertz CT molecular complexity index is 646. The second-order valence-corrected chi connectivity index (χ2v) is 3.84. The van der Waals surface area contributed by atoms with Crippen LogP contribution < -0.4 is 0 Å². The van der Waals surface area contributed by atoms with E-state index >= 15 is 0 Å². The zero-order chi connectivity index (χ0) is 12.4. The number of hydrogen-bond donors (Lipinski definition) is 0. The van der Waals surface area contributed by atoms with E-state index in [1.165, 1.54) is 18.7 Å². The zero-order valence-corrected chi connectivity index (χ0v) is 9.45. The molecule has 3 rings (SSSR count). The van der Waals surface area contributed by atoms with Crippen LogP contribution >= 0.6 is 0 Å². The first-order chi connectivity index (χ1) is 8.84. The summed E-state index contributed by atoms with van der Waals surface area (Å²) in [6.45, 7) is 0.363. The van der Waals surface area contributed by atoms with Gasteiger partial charge in [-0.05, 0) is 12.1 Å². The van der Waals surface area contributed by atoms with Gasteiger partial charge in [0.2, 0.25) is 0 Å². The average molecular weight is 243 g/mol. The molecule has 0 saturated carbocycles. The molecule has 0 bridgehead atoms. The Morgan fingerprint density at radius 1 is 1.22 bits per heavy atom. The zero-order valence-electron chi connectivity index (χ0n) is 9.45. The third-order valence-corrected chi connectivity index (χ3v) is 2.69. The van der Waals surface area contributed by atoms with Gasteiger partial charge in [-0.25, -0.2) is 9.37 Å². The van der Waals surface area contributed by atoms with E-state index in [9.17, 15) is 4.39 Å². The van der Waals surface area contributed by atoms with Gasteiger partial charge in [0.05, 0.1) is 12.2 Å². The molecule has 0 unspecified atom stereocenters. The molecule has 2 aromatic heterocycles. The first kappa shape index (κ1) is 10.7. The molecule has 0 fully saturated rings. The first-order valence-electron chi connectivity index (χ1n) is 5.48. The van der Waals surface area contributed by atoms with E-state index in [0.29, 0.717) is 17.8 Å². The van der Waals surface area contributed by atoms with Crippen molar-refractivity contribution in [2.24, 2.45) is 0 Å². The summed E-state index contributed by atoms with van der Waals surface area (Å²) >= 11 is 0. The molecule has 1 aromatic carbocycles. The quantitative estimate of drug-likeness (QED) is 0.710. The molecule has 0 radical (unpaired) electrons. The summed E-state index contributed by atoms with van der Waals surface area (Å²) in [5.74, 6) is -0.237. The van der Waals surface area contributed by atoms with Crippen LogP contribution in [0.15, 0.2) is 53.6 Å². The number of oxazole rings is 1. The Labute approximate surface area is 103 Å². The maximum absolute atomic E-state index is 13.6. The molecule has 0 N–H and O–H groups in total. The summed E-state index contributed by atoms with van der Waals surface area (Å²) in [5.41, 5.74) is 2.07. The van der Waals surface area contributed by atoms with Gasteiger partial charge in [0.1, 0.15) is 17.8 Å². The molecular formula is C13H10FN3O. The lowest BCUT2D eigenvalue weighted by atomic mass is 10.2. The third-order valence-electron chi connectivity index (χ3n) is 2.69. The molecule has 3 aromatic rings. The van der Waals surface area contributed by atoms with Crippen molar-refractivity contribution < 1.29 is 8.81 Å². The van der Waals surface area contributed by atoms with Crippen molar-refractivity contribution in [1.29, 1.82) is 0 Å². The maximum Gasteiger partial charge on any atom is 0.181 e. The van der Waals surface area contributed by atoms with Crippen molar-refractivity contribution in [2.45, 2.75) is 6.54 Å². The van der Waals surface area contributed by atoms with Crippen LogP contribution in [0.25, 0.3) is 11.4 Å². The van der Waals surface area contributed by atoms with Crippen LogP contribution in [0.3, 0.4) is 0 Å². The Balaban J connectivity index is 1.95. The highest BCUT2D eigenvalue weighted by Gasteiger charge is 2.10. The Hall–Kier alpha value is -2.43. The fourth-order valence-corrected chi connectivity index (χ4v) is 1.80. The van der Waals surface area contributed by atoms with Gasteiger partial charge in [-0.15, -0.1) is 0 Å². The summed E-state index contributed by atoms with van der Waals surface area (Å²) in [7, 11) is 0. The fourth-order valence-electron chi connectivity index (χ4n) is 1.80. The van der Waals surface area contributed by atoms with Crippen LogP contribution in [-0.4, -0.2) is 14.8 Å². The van der Waals surface area contributed by atoms with Gasteiger partial charge in [0, 0.05) is 11.8 Å². The van der Waals surface area contributed by atoms with Gasteiger partial charge in [-0.3, -0.25) is 4.68 Å². The lowest BCUT2D eigenvalue weighted by molar-refractivity contribution is 0.557. The van der Waals surface area contributed by atoms with E-state index in [1.807, 2.05) is 6.07 Å². The van der Waals surface area contributed by atoms with E-state index in [2.05, 4.69) is 10.1 Å². The molecule has 0 aliphatic rings. The molecule has 5 heteroatoms. The van der Waals surface area contributed by atoms with Crippen LogP contribution in [0.1, 0.15) is 5.56 Å². The Kier molecular flexibility index (Phi) is 2.64. The summed E-state index contributed by atoms with van der Waals surface area (Å²) in [6, 6.07) is 8.47. The van der Waals surface area contributed by atoms with Crippen molar-refractivity contribution in [1.82, 2.24) is 14.8 Å². The minimum Gasteiger partial charge on any atom is -0.451 e. The highest BCUT2D eigenvalue weighted by molar-refractivity contribution is 5.52. The second kappa shape index (κ2) is 4.44. The summed E-state index contributed by atoms with van der Waals surface area (Å²) in [6.07, 6.45) is 4.55. The van der Waals surface area contributed by atoms with Crippen LogP contribution in [-0.2, 0) is 6.54 Å². The van der Waals surface area contributed by atoms with Crippen LogP contribution in [0, 0.1) is 5.82 Å². The second-order valence-electron chi connectivity index (χ2n) is 3.84. The summed E-state index contributed by atoms with van der Waals surface area (Å²) < 4.78 is 20.2. The lowest BCUT2D eigenvalue weighted by Crippen LogP contribution is -2.05. The first-order valence-corrected chi connectivity index (χ1v) is 5.48. The topological polar surface area (TPSA) is 43.9 Å². The van der Waals surface area contributed by atoms with Gasteiger partial charge < -0.3 is 4.42 Å². The summed E-state index contributed by atoms with van der Waals surface area (Å²) in [4.78, 5) is 4.06. The minimum atomic E-state index is -0.237. The number of aromatic nitrogens is 3. The molecule has 4 nitrogen and oxygen atoms in total. The smallest absolute Gasteiger partial charge is 0.181 e. The van der Waals surface area contributed by atoms with Crippen molar-refractivity contribution >= 4 is 0 Å². The molecule has 18 heavy (non-hydrogen) atoms. The van der Waals surface area contributed by atoms with Crippen LogP contribution in [0.2, 0.25) is 0 Å². The Morgan fingerprint density at radius 3 is 2.89 bits per heavy atom. The van der Waals surface area contributed by atoms with Crippen molar-refractivity contribution in [2.75, 3.05) is 0 Å². The van der Waals surface area contributed by atoms with Gasteiger partial charge in [-0.1, -0.05) is 18.2 Å². The predicted octanol–water partition coefficient (Wildman–Crippen LogP) is 2.73. The highest BCUT2D eigenvalue weighted by Crippen LogP contribution is 2.18. The molecule has 0 spiro atoms. The van der Waals surface area contributed by atoms with E-state index in [-0.39, 0.29) is 5.82 Å². The largest absolute Gasteiger partial charge is 0.451 e. The highest BCUT2D eigenvalue weighted by atomic mass is 19.1. The van der Waals surface area contributed by atoms with Crippen LogP contribution in [0.5, 0.6) is 0 Å². The van der Waals surface area contributed by atoms with Crippen LogP contribution in [0.4, 0.5) is 4.39 Å². The monoisotopic (exact) mass is 243 g/mol. The van der Waals surface area contributed by atoms with Gasteiger partial charge >= 0.3 is 0 Å². The van der Waals surface area contributed by atoms with Gasteiger partial charge in [0.15, 0.2) is 6.39 Å². The number of hydrogen-bond acceptors (Lipinski definition) is 3. The lowest BCUT2D eigenvalue weighted by Gasteiger charge is -2.06. The van der Waals surface area contributed by atoms with E-state index in [0.717, 1.165) is 5.69 Å². The molecule has 0 atom stereocenters. The van der Waals surface area contributed by atoms with Crippen molar-refractivity contribution in [3.05, 3.63) is 60.6 Å². The van der Waals surface area contributed by atoms with E-state index in [1.54, 1.807) is 29.1 Å². The molecule has 0 saturated heterocycles. The number of benzene rings is 1. The molecular weight excluding hydrogens is 233 g/mol. The number of halogens is 1. The predicted molar refractivity (Wildman–Crippen MR) is 63.2 cm³/mol. The molecule has 0 aliphatic heterocycles. The standard InChI is InChI=1S/C13H10FN3O/c14-11-4-2-1-3-10(11)7-17-13(5-6-16-17)12-8-18-9-15-12/h1-6,8-9H,7H2. The van der Waals surface area contributed by atoms with Gasteiger partial charge in [-0.2, -0.15) is 5.10 Å². The van der Waals surface area contributed by atoms with Crippen molar-refractivity contribution in [3.8, 4) is 11.4 Å². The third kappa shape index (κ3) is 1.90. The average Bonchev–Trinajstić information content (AvgIpc) is 3.02. The van der Waals surface area contributed by atoms with E-state index < -0.39 is 0 Å². The maximum atomic E-state index is 13.6. The minimum absolute atomic E-state index is 0.237. The normalized spacial score (nSPS) is 10.7.